The Morgan fingerprint density at radius 2 is 1.67 bits per heavy atom. The summed E-state index contributed by atoms with van der Waals surface area (Å²) >= 11 is 0. The van der Waals surface area contributed by atoms with Crippen molar-refractivity contribution in [2.24, 2.45) is 5.92 Å². The second kappa shape index (κ2) is 7.86. The van der Waals surface area contributed by atoms with E-state index in [9.17, 15) is 4.79 Å². The van der Waals surface area contributed by atoms with Gasteiger partial charge in [0.2, 0.25) is 5.91 Å². The predicted molar refractivity (Wildman–Crippen MR) is 101 cm³/mol. The second-order valence-electron chi connectivity index (χ2n) is 6.48. The Bertz CT molecular complexity index is 646. The average Bonchev–Trinajstić information content (AvgIpc) is 2.62. The molecule has 0 aliphatic carbocycles. The van der Waals surface area contributed by atoms with Crippen molar-refractivity contribution in [1.82, 2.24) is 0 Å². The number of rotatable bonds is 5. The minimum Gasteiger partial charge on any atom is -0.376 e. The van der Waals surface area contributed by atoms with E-state index in [0.29, 0.717) is 0 Å². The molecular formula is C20H25N3O. The summed E-state index contributed by atoms with van der Waals surface area (Å²) in [4.78, 5) is 14.4. The summed E-state index contributed by atoms with van der Waals surface area (Å²) in [5.74, 6) is 0.792. The lowest BCUT2D eigenvalue weighted by atomic mass is 9.99. The van der Waals surface area contributed by atoms with Crippen LogP contribution in [0.15, 0.2) is 54.6 Å². The fourth-order valence-corrected chi connectivity index (χ4v) is 2.97. The molecule has 2 aromatic rings. The fourth-order valence-electron chi connectivity index (χ4n) is 2.97. The van der Waals surface area contributed by atoms with Crippen molar-refractivity contribution < 1.29 is 4.79 Å². The van der Waals surface area contributed by atoms with Crippen LogP contribution in [0, 0.1) is 5.92 Å². The van der Waals surface area contributed by atoms with Crippen molar-refractivity contribution in [2.45, 2.75) is 19.8 Å². The lowest BCUT2D eigenvalue weighted by Gasteiger charge is -2.32. The highest BCUT2D eigenvalue weighted by atomic mass is 16.1. The first-order chi connectivity index (χ1) is 11.7. The Labute approximate surface area is 143 Å². The third-order valence-electron chi connectivity index (χ3n) is 4.53. The molecule has 0 aromatic heterocycles. The van der Waals surface area contributed by atoms with Crippen LogP contribution in [0.4, 0.5) is 17.1 Å². The molecule has 0 saturated carbocycles. The third kappa shape index (κ3) is 4.51. The zero-order chi connectivity index (χ0) is 16.8. The molecular weight excluding hydrogens is 298 g/mol. The first-order valence-electron chi connectivity index (χ1n) is 8.64. The molecule has 0 spiro atoms. The summed E-state index contributed by atoms with van der Waals surface area (Å²) in [6.07, 6.45) is 2.53. The zero-order valence-electron chi connectivity index (χ0n) is 14.2. The third-order valence-corrected chi connectivity index (χ3v) is 4.53. The number of hydrogen-bond donors (Lipinski definition) is 2. The Morgan fingerprint density at radius 1 is 1.00 bits per heavy atom. The number of carbonyl (C=O) groups is 1. The molecule has 0 bridgehead atoms. The summed E-state index contributed by atoms with van der Waals surface area (Å²) in [5, 5.41) is 6.04. The molecule has 0 radical (unpaired) electrons. The van der Waals surface area contributed by atoms with Gasteiger partial charge in [0.25, 0.3) is 0 Å². The number of nitrogens with one attached hydrogen (secondary N) is 2. The summed E-state index contributed by atoms with van der Waals surface area (Å²) < 4.78 is 0. The summed E-state index contributed by atoms with van der Waals surface area (Å²) in [7, 11) is 0. The Kier molecular flexibility index (Phi) is 5.36. The summed E-state index contributed by atoms with van der Waals surface area (Å²) in [5.41, 5.74) is 3.05. The molecule has 2 aromatic carbocycles. The second-order valence-corrected chi connectivity index (χ2v) is 6.48. The fraction of sp³-hybridized carbons (Fsp3) is 0.350. The van der Waals surface area contributed by atoms with Crippen LogP contribution in [0.5, 0.6) is 0 Å². The highest BCUT2D eigenvalue weighted by Gasteiger charge is 2.15. The number of amides is 1. The molecule has 2 N–H and O–H groups in total. The predicted octanol–water partition coefficient (Wildman–Crippen LogP) is 3.97. The van der Waals surface area contributed by atoms with Crippen LogP contribution < -0.4 is 15.5 Å². The summed E-state index contributed by atoms with van der Waals surface area (Å²) in [6, 6.07) is 17.9. The van der Waals surface area contributed by atoms with E-state index in [-0.39, 0.29) is 12.5 Å². The van der Waals surface area contributed by atoms with E-state index in [0.717, 1.165) is 30.4 Å². The van der Waals surface area contributed by atoms with Crippen LogP contribution in [0.3, 0.4) is 0 Å². The highest BCUT2D eigenvalue weighted by molar-refractivity contribution is 5.93. The number of anilines is 3. The number of hydrogen-bond acceptors (Lipinski definition) is 3. The largest absolute Gasteiger partial charge is 0.376 e. The van der Waals surface area contributed by atoms with Gasteiger partial charge >= 0.3 is 0 Å². The highest BCUT2D eigenvalue weighted by Crippen LogP contribution is 2.24. The Balaban J connectivity index is 1.48. The minimum absolute atomic E-state index is 0.0460. The monoisotopic (exact) mass is 323 g/mol. The maximum atomic E-state index is 11.9. The van der Waals surface area contributed by atoms with Crippen molar-refractivity contribution in [2.75, 3.05) is 35.2 Å². The molecule has 1 saturated heterocycles. The number of piperidine rings is 1. The zero-order valence-corrected chi connectivity index (χ0v) is 14.2. The smallest absolute Gasteiger partial charge is 0.243 e. The molecule has 1 aliphatic rings. The van der Waals surface area contributed by atoms with Crippen LogP contribution in [-0.4, -0.2) is 25.5 Å². The molecule has 1 aliphatic heterocycles. The van der Waals surface area contributed by atoms with Gasteiger partial charge in [-0.15, -0.1) is 0 Å². The van der Waals surface area contributed by atoms with Crippen molar-refractivity contribution in [3.8, 4) is 0 Å². The molecule has 3 rings (SSSR count). The van der Waals surface area contributed by atoms with Crippen LogP contribution >= 0.6 is 0 Å². The lowest BCUT2D eigenvalue weighted by molar-refractivity contribution is -0.114. The van der Waals surface area contributed by atoms with E-state index in [1.807, 2.05) is 42.5 Å². The van der Waals surface area contributed by atoms with Gasteiger partial charge in [-0.1, -0.05) is 25.1 Å². The molecule has 4 nitrogen and oxygen atoms in total. The quantitative estimate of drug-likeness (QED) is 0.875. The Hall–Kier alpha value is -2.49. The minimum atomic E-state index is -0.0460. The number of carbonyl (C=O) groups excluding carboxylic acids is 1. The van der Waals surface area contributed by atoms with E-state index in [2.05, 4.69) is 34.6 Å². The van der Waals surface area contributed by atoms with Crippen LogP contribution in [0.1, 0.15) is 19.8 Å². The van der Waals surface area contributed by atoms with E-state index < -0.39 is 0 Å². The molecule has 0 unspecified atom stereocenters. The van der Waals surface area contributed by atoms with Gasteiger partial charge in [0.15, 0.2) is 0 Å². The normalized spacial score (nSPS) is 15.1. The van der Waals surface area contributed by atoms with Crippen molar-refractivity contribution in [3.05, 3.63) is 54.6 Å². The van der Waals surface area contributed by atoms with E-state index in [4.69, 9.17) is 0 Å². The van der Waals surface area contributed by atoms with Crippen molar-refractivity contribution >= 4 is 23.0 Å². The molecule has 24 heavy (non-hydrogen) atoms. The molecule has 1 heterocycles. The maximum Gasteiger partial charge on any atom is 0.243 e. The van der Waals surface area contributed by atoms with Crippen molar-refractivity contribution in [1.29, 1.82) is 0 Å². The molecule has 126 valence electrons. The van der Waals surface area contributed by atoms with Gasteiger partial charge in [-0.2, -0.15) is 0 Å². The molecule has 0 atom stereocenters. The first kappa shape index (κ1) is 16.4. The summed E-state index contributed by atoms with van der Waals surface area (Å²) in [6.45, 7) is 4.85. The standard InChI is InChI=1S/C20H25N3O/c1-16-11-13-23(14-12-16)19-9-7-17(8-10-19)21-15-20(24)22-18-5-3-2-4-6-18/h2-10,16,21H,11-15H2,1H3,(H,22,24). The number of benzene rings is 2. The lowest BCUT2D eigenvalue weighted by Crippen LogP contribution is -2.32. The van der Waals surface area contributed by atoms with Gasteiger partial charge in [0.05, 0.1) is 6.54 Å². The molecule has 4 heteroatoms. The number of para-hydroxylation sites is 1. The van der Waals surface area contributed by atoms with Crippen LogP contribution in [-0.2, 0) is 4.79 Å². The van der Waals surface area contributed by atoms with E-state index in [1.165, 1.54) is 18.5 Å². The van der Waals surface area contributed by atoms with Crippen molar-refractivity contribution in [3.63, 3.8) is 0 Å². The Morgan fingerprint density at radius 3 is 2.33 bits per heavy atom. The maximum absolute atomic E-state index is 11.9. The number of nitrogens with zero attached hydrogens (tertiary/aromatic N) is 1. The first-order valence-corrected chi connectivity index (χ1v) is 8.64. The molecule has 1 fully saturated rings. The van der Waals surface area contributed by atoms with Gasteiger partial charge < -0.3 is 15.5 Å². The van der Waals surface area contributed by atoms with Gasteiger partial charge in [-0.25, -0.2) is 0 Å². The van der Waals surface area contributed by atoms with Gasteiger partial charge in [-0.05, 0) is 55.2 Å². The van der Waals surface area contributed by atoms with E-state index >= 15 is 0 Å². The van der Waals surface area contributed by atoms with E-state index in [1.54, 1.807) is 0 Å². The van der Waals surface area contributed by atoms with Crippen LogP contribution in [0.25, 0.3) is 0 Å². The van der Waals surface area contributed by atoms with Gasteiger partial charge in [-0.3, -0.25) is 4.79 Å². The molecule has 1 amide bonds. The van der Waals surface area contributed by atoms with Gasteiger partial charge in [0, 0.05) is 30.2 Å². The van der Waals surface area contributed by atoms with Gasteiger partial charge in [0.1, 0.15) is 0 Å². The topological polar surface area (TPSA) is 44.4 Å². The van der Waals surface area contributed by atoms with Crippen LogP contribution in [0.2, 0.25) is 0 Å². The average molecular weight is 323 g/mol. The SMILES string of the molecule is CC1CCN(c2ccc(NCC(=O)Nc3ccccc3)cc2)CC1.